The lowest BCUT2D eigenvalue weighted by atomic mass is 10.0. The van der Waals surface area contributed by atoms with Crippen LogP contribution in [-0.2, 0) is 4.79 Å². The summed E-state index contributed by atoms with van der Waals surface area (Å²) in [5.41, 5.74) is 7.14. The number of rotatable bonds is 8. The van der Waals surface area contributed by atoms with E-state index in [4.69, 9.17) is 5.73 Å². The first kappa shape index (κ1) is 17.1. The molecule has 0 fully saturated rings. The van der Waals surface area contributed by atoms with Crippen molar-refractivity contribution in [3.05, 3.63) is 22.4 Å². The number of likely N-dealkylation sites (N-methyl/N-ethyl adjacent to an activating group) is 1. The highest BCUT2D eigenvalue weighted by atomic mass is 32.1. The van der Waals surface area contributed by atoms with E-state index in [1.165, 1.54) is 5.56 Å². The second-order valence-corrected chi connectivity index (χ2v) is 6.09. The first-order valence-electron chi connectivity index (χ1n) is 7.30. The molecule has 1 aromatic heterocycles. The molecule has 0 aromatic carbocycles. The van der Waals surface area contributed by atoms with Crippen LogP contribution in [0.25, 0.3) is 0 Å². The smallest absolute Gasteiger partial charge is 0.237 e. The standard InChI is InChI=1S/C15H27N3OS/c1-5-18(6-2)13(12-7-8-20-10-12)9-17-15(19)14(16)11(3)4/h7-8,10-11,13-14H,5-6,9,16H2,1-4H3,(H,17,19)/t13?,14-/m0/s1. The third-order valence-electron chi connectivity index (χ3n) is 3.67. The molecular formula is C15H27N3OS. The van der Waals surface area contributed by atoms with Gasteiger partial charge in [-0.2, -0.15) is 11.3 Å². The van der Waals surface area contributed by atoms with Crippen LogP contribution in [0, 0.1) is 5.92 Å². The third-order valence-corrected chi connectivity index (χ3v) is 4.37. The lowest BCUT2D eigenvalue weighted by molar-refractivity contribution is -0.123. The van der Waals surface area contributed by atoms with Crippen molar-refractivity contribution in [2.45, 2.75) is 39.8 Å². The first-order valence-corrected chi connectivity index (χ1v) is 8.24. The van der Waals surface area contributed by atoms with Crippen LogP contribution in [0.3, 0.4) is 0 Å². The van der Waals surface area contributed by atoms with E-state index in [1.807, 2.05) is 13.8 Å². The minimum Gasteiger partial charge on any atom is -0.353 e. The highest BCUT2D eigenvalue weighted by Gasteiger charge is 2.22. The van der Waals surface area contributed by atoms with Crippen LogP contribution < -0.4 is 11.1 Å². The Hall–Kier alpha value is -0.910. The maximum Gasteiger partial charge on any atom is 0.237 e. The molecule has 0 saturated heterocycles. The Bertz CT molecular complexity index is 388. The second-order valence-electron chi connectivity index (χ2n) is 5.31. The zero-order valence-electron chi connectivity index (χ0n) is 12.9. The van der Waals surface area contributed by atoms with E-state index in [2.05, 4.69) is 40.9 Å². The summed E-state index contributed by atoms with van der Waals surface area (Å²) in [6.07, 6.45) is 0. The van der Waals surface area contributed by atoms with Crippen molar-refractivity contribution in [2.24, 2.45) is 11.7 Å². The normalized spacial score (nSPS) is 14.6. The summed E-state index contributed by atoms with van der Waals surface area (Å²) >= 11 is 1.69. The molecule has 1 aromatic rings. The van der Waals surface area contributed by atoms with Gasteiger partial charge in [-0.05, 0) is 41.4 Å². The summed E-state index contributed by atoms with van der Waals surface area (Å²) in [6.45, 7) is 10.7. The topological polar surface area (TPSA) is 58.4 Å². The van der Waals surface area contributed by atoms with Crippen molar-refractivity contribution < 1.29 is 4.79 Å². The SMILES string of the molecule is CCN(CC)C(CNC(=O)[C@@H](N)C(C)C)c1ccsc1. The molecule has 3 N–H and O–H groups in total. The Balaban J connectivity index is 2.69. The van der Waals surface area contributed by atoms with E-state index < -0.39 is 6.04 Å². The van der Waals surface area contributed by atoms with Gasteiger partial charge >= 0.3 is 0 Å². The zero-order valence-corrected chi connectivity index (χ0v) is 13.7. The Labute approximate surface area is 126 Å². The highest BCUT2D eigenvalue weighted by molar-refractivity contribution is 7.07. The number of nitrogens with zero attached hydrogens (tertiary/aromatic N) is 1. The Kier molecular flexibility index (Phi) is 7.19. The fraction of sp³-hybridized carbons (Fsp3) is 0.667. The fourth-order valence-corrected chi connectivity index (χ4v) is 2.91. The van der Waals surface area contributed by atoms with E-state index in [-0.39, 0.29) is 17.9 Å². The van der Waals surface area contributed by atoms with Gasteiger partial charge in [-0.25, -0.2) is 0 Å². The van der Waals surface area contributed by atoms with E-state index in [0.717, 1.165) is 13.1 Å². The Morgan fingerprint density at radius 2 is 2.05 bits per heavy atom. The Morgan fingerprint density at radius 1 is 1.40 bits per heavy atom. The van der Waals surface area contributed by atoms with Crippen LogP contribution in [0.5, 0.6) is 0 Å². The number of nitrogens with one attached hydrogen (secondary N) is 1. The van der Waals surface area contributed by atoms with E-state index >= 15 is 0 Å². The molecule has 1 amide bonds. The molecule has 114 valence electrons. The summed E-state index contributed by atoms with van der Waals surface area (Å²) in [4.78, 5) is 14.4. The molecule has 0 aliphatic carbocycles. The van der Waals surface area contributed by atoms with Gasteiger partial charge in [-0.1, -0.05) is 27.7 Å². The summed E-state index contributed by atoms with van der Waals surface area (Å²) in [6, 6.07) is 1.91. The minimum absolute atomic E-state index is 0.0626. The number of thiophene rings is 1. The van der Waals surface area contributed by atoms with Crippen LogP contribution >= 0.6 is 11.3 Å². The molecule has 0 radical (unpaired) electrons. The lowest BCUT2D eigenvalue weighted by Gasteiger charge is -2.30. The van der Waals surface area contributed by atoms with Crippen LogP contribution in [0.4, 0.5) is 0 Å². The first-order chi connectivity index (χ1) is 9.51. The number of nitrogens with two attached hydrogens (primary N) is 1. The number of hydrogen-bond donors (Lipinski definition) is 2. The average molecular weight is 297 g/mol. The predicted molar refractivity (Wildman–Crippen MR) is 85.8 cm³/mol. The fourth-order valence-electron chi connectivity index (χ4n) is 2.20. The van der Waals surface area contributed by atoms with Crippen molar-refractivity contribution >= 4 is 17.2 Å². The monoisotopic (exact) mass is 297 g/mol. The summed E-state index contributed by atoms with van der Waals surface area (Å²) in [7, 11) is 0. The number of amides is 1. The molecule has 0 saturated carbocycles. The number of hydrogen-bond acceptors (Lipinski definition) is 4. The number of carbonyl (C=O) groups is 1. The van der Waals surface area contributed by atoms with Gasteiger partial charge in [0, 0.05) is 6.54 Å². The van der Waals surface area contributed by atoms with Gasteiger partial charge in [-0.15, -0.1) is 0 Å². The molecule has 0 aliphatic heterocycles. The van der Waals surface area contributed by atoms with Gasteiger partial charge in [0.2, 0.25) is 5.91 Å². The molecule has 5 heteroatoms. The van der Waals surface area contributed by atoms with Crippen molar-refractivity contribution in [1.29, 1.82) is 0 Å². The molecular weight excluding hydrogens is 270 g/mol. The molecule has 1 rings (SSSR count). The van der Waals surface area contributed by atoms with Gasteiger partial charge < -0.3 is 11.1 Å². The maximum absolute atomic E-state index is 12.0. The highest BCUT2D eigenvalue weighted by Crippen LogP contribution is 2.22. The molecule has 0 spiro atoms. The van der Waals surface area contributed by atoms with Crippen molar-refractivity contribution in [3.63, 3.8) is 0 Å². The maximum atomic E-state index is 12.0. The van der Waals surface area contributed by atoms with E-state index in [0.29, 0.717) is 6.54 Å². The molecule has 2 atom stereocenters. The summed E-state index contributed by atoms with van der Waals surface area (Å²) in [5.74, 6) is 0.0930. The molecule has 0 aliphatic rings. The molecule has 1 unspecified atom stereocenters. The van der Waals surface area contributed by atoms with Gasteiger partial charge in [-0.3, -0.25) is 9.69 Å². The minimum atomic E-state index is -0.435. The van der Waals surface area contributed by atoms with Crippen LogP contribution in [-0.4, -0.2) is 36.5 Å². The van der Waals surface area contributed by atoms with Gasteiger partial charge in [0.15, 0.2) is 0 Å². The quantitative estimate of drug-likeness (QED) is 0.773. The molecule has 20 heavy (non-hydrogen) atoms. The van der Waals surface area contributed by atoms with Crippen molar-refractivity contribution in [2.75, 3.05) is 19.6 Å². The summed E-state index contributed by atoms with van der Waals surface area (Å²) in [5, 5.41) is 7.23. The van der Waals surface area contributed by atoms with E-state index in [1.54, 1.807) is 11.3 Å². The zero-order chi connectivity index (χ0) is 15.1. The number of carbonyl (C=O) groups excluding carboxylic acids is 1. The van der Waals surface area contributed by atoms with Gasteiger partial charge in [0.1, 0.15) is 0 Å². The molecule has 0 bridgehead atoms. The van der Waals surface area contributed by atoms with E-state index in [9.17, 15) is 4.79 Å². The van der Waals surface area contributed by atoms with Crippen LogP contribution in [0.1, 0.15) is 39.3 Å². The van der Waals surface area contributed by atoms with Crippen molar-refractivity contribution in [3.8, 4) is 0 Å². The Morgan fingerprint density at radius 3 is 2.50 bits per heavy atom. The van der Waals surface area contributed by atoms with Gasteiger partial charge in [0.25, 0.3) is 0 Å². The van der Waals surface area contributed by atoms with Crippen LogP contribution in [0.15, 0.2) is 16.8 Å². The van der Waals surface area contributed by atoms with Crippen LogP contribution in [0.2, 0.25) is 0 Å². The third kappa shape index (κ3) is 4.58. The summed E-state index contributed by atoms with van der Waals surface area (Å²) < 4.78 is 0. The largest absolute Gasteiger partial charge is 0.353 e. The average Bonchev–Trinajstić information content (AvgIpc) is 2.95. The predicted octanol–water partition coefficient (Wildman–Crippen LogP) is 2.23. The second kappa shape index (κ2) is 8.39. The lowest BCUT2D eigenvalue weighted by Crippen LogP contribution is -2.47. The van der Waals surface area contributed by atoms with Gasteiger partial charge in [0.05, 0.1) is 12.1 Å². The van der Waals surface area contributed by atoms with Crippen molar-refractivity contribution in [1.82, 2.24) is 10.2 Å². The molecule has 4 nitrogen and oxygen atoms in total. The molecule has 1 heterocycles.